The van der Waals surface area contributed by atoms with Crippen molar-refractivity contribution in [1.29, 1.82) is 0 Å². The van der Waals surface area contributed by atoms with Crippen molar-refractivity contribution >= 4 is 21.6 Å². The predicted molar refractivity (Wildman–Crippen MR) is 60.6 cm³/mol. The van der Waals surface area contributed by atoms with E-state index in [-0.39, 0.29) is 6.54 Å². The Morgan fingerprint density at radius 3 is 2.81 bits per heavy atom. The molecule has 16 heavy (non-hydrogen) atoms. The van der Waals surface area contributed by atoms with Gasteiger partial charge in [-0.2, -0.15) is 13.5 Å². The summed E-state index contributed by atoms with van der Waals surface area (Å²) in [5.41, 5.74) is 11.3. The lowest BCUT2D eigenvalue weighted by Gasteiger charge is -2.09. The molecule has 0 aliphatic rings. The summed E-state index contributed by atoms with van der Waals surface area (Å²) in [6, 6.07) is 0. The van der Waals surface area contributed by atoms with Crippen LogP contribution in [-0.2, 0) is 16.7 Å². The molecule has 6 N–H and O–H groups in total. The molecule has 0 fully saturated rings. The smallest absolute Gasteiger partial charge is 0.266 e. The first-order chi connectivity index (χ1) is 7.44. The van der Waals surface area contributed by atoms with Crippen LogP contribution in [0.1, 0.15) is 0 Å². The summed E-state index contributed by atoms with van der Waals surface area (Å²) in [5.74, 6) is 0.0971. The van der Waals surface area contributed by atoms with Gasteiger partial charge in [0.15, 0.2) is 0 Å². The standard InChI is InChI=1S/C7H15N5O3S/c8-1-2-10-7-6(9)5-11-12(7)3-4-16(13,14)15/h5,10H,1-4,8-9H2,(H,13,14,15). The van der Waals surface area contributed by atoms with E-state index in [9.17, 15) is 8.42 Å². The van der Waals surface area contributed by atoms with Crippen molar-refractivity contribution < 1.29 is 13.0 Å². The van der Waals surface area contributed by atoms with Gasteiger partial charge in [0, 0.05) is 13.1 Å². The molecule has 8 nitrogen and oxygen atoms in total. The SMILES string of the molecule is NCCNc1c(N)cnn1CCS(=O)(=O)O. The zero-order valence-electron chi connectivity index (χ0n) is 8.63. The molecule has 0 atom stereocenters. The number of rotatable bonds is 6. The lowest BCUT2D eigenvalue weighted by atomic mass is 10.5. The van der Waals surface area contributed by atoms with E-state index in [0.29, 0.717) is 24.6 Å². The van der Waals surface area contributed by atoms with Crippen molar-refractivity contribution in [2.45, 2.75) is 6.54 Å². The summed E-state index contributed by atoms with van der Waals surface area (Å²) in [6.45, 7) is 0.952. The monoisotopic (exact) mass is 249 g/mol. The molecule has 0 radical (unpaired) electrons. The number of nitrogens with two attached hydrogens (primary N) is 2. The lowest BCUT2D eigenvalue weighted by molar-refractivity contribution is 0.476. The number of aromatic nitrogens is 2. The summed E-state index contributed by atoms with van der Waals surface area (Å²) < 4.78 is 31.1. The van der Waals surface area contributed by atoms with Crippen LogP contribution in [0.5, 0.6) is 0 Å². The molecule has 92 valence electrons. The van der Waals surface area contributed by atoms with E-state index >= 15 is 0 Å². The Morgan fingerprint density at radius 1 is 1.56 bits per heavy atom. The Labute approximate surface area is 93.4 Å². The molecule has 0 spiro atoms. The highest BCUT2D eigenvalue weighted by atomic mass is 32.2. The minimum absolute atomic E-state index is 0.0307. The van der Waals surface area contributed by atoms with Gasteiger partial charge in [-0.15, -0.1) is 0 Å². The zero-order valence-corrected chi connectivity index (χ0v) is 9.44. The first kappa shape index (κ1) is 12.7. The molecule has 1 rings (SSSR count). The molecule has 0 saturated carbocycles. The molecule has 0 bridgehead atoms. The first-order valence-corrected chi connectivity index (χ1v) is 6.25. The van der Waals surface area contributed by atoms with Crippen LogP contribution < -0.4 is 16.8 Å². The van der Waals surface area contributed by atoms with Crippen LogP contribution in [0, 0.1) is 0 Å². The third kappa shape index (κ3) is 3.68. The van der Waals surface area contributed by atoms with Gasteiger partial charge in [-0.25, -0.2) is 4.68 Å². The van der Waals surface area contributed by atoms with Crippen molar-refractivity contribution in [3.8, 4) is 0 Å². The summed E-state index contributed by atoms with van der Waals surface area (Å²) in [5, 5.41) is 6.81. The molecular weight excluding hydrogens is 234 g/mol. The van der Waals surface area contributed by atoms with Crippen LogP contribution in [0.2, 0.25) is 0 Å². The number of hydrogen-bond donors (Lipinski definition) is 4. The number of hydrogen-bond acceptors (Lipinski definition) is 6. The van der Waals surface area contributed by atoms with Crippen LogP contribution in [0.3, 0.4) is 0 Å². The Hall–Kier alpha value is -1.32. The van der Waals surface area contributed by atoms with Gasteiger partial charge in [-0.1, -0.05) is 0 Å². The predicted octanol–water partition coefficient (Wildman–Crippen LogP) is -1.28. The Bertz CT molecular complexity index is 441. The number of nitrogens with zero attached hydrogens (tertiary/aromatic N) is 2. The molecule has 0 aromatic carbocycles. The fraction of sp³-hybridized carbons (Fsp3) is 0.571. The van der Waals surface area contributed by atoms with Crippen molar-refractivity contribution in [1.82, 2.24) is 9.78 Å². The van der Waals surface area contributed by atoms with Gasteiger partial charge >= 0.3 is 0 Å². The van der Waals surface area contributed by atoms with Crippen LogP contribution in [-0.4, -0.2) is 41.6 Å². The molecule has 1 aromatic rings. The van der Waals surface area contributed by atoms with Gasteiger partial charge in [0.2, 0.25) is 0 Å². The summed E-state index contributed by atoms with van der Waals surface area (Å²) in [6.07, 6.45) is 1.41. The second kappa shape index (κ2) is 5.14. The van der Waals surface area contributed by atoms with Crippen molar-refractivity contribution in [2.75, 3.05) is 29.9 Å². The fourth-order valence-electron chi connectivity index (χ4n) is 1.16. The fourth-order valence-corrected chi connectivity index (χ4v) is 1.56. The third-order valence-corrected chi connectivity index (χ3v) is 2.56. The minimum Gasteiger partial charge on any atom is -0.394 e. The number of anilines is 2. The van der Waals surface area contributed by atoms with Crippen LogP contribution >= 0.6 is 0 Å². The van der Waals surface area contributed by atoms with E-state index in [0.717, 1.165) is 0 Å². The van der Waals surface area contributed by atoms with E-state index in [2.05, 4.69) is 10.4 Å². The van der Waals surface area contributed by atoms with E-state index in [1.807, 2.05) is 0 Å². The topological polar surface area (TPSA) is 136 Å². The van der Waals surface area contributed by atoms with Crippen molar-refractivity contribution in [3.05, 3.63) is 6.20 Å². The highest BCUT2D eigenvalue weighted by Crippen LogP contribution is 2.16. The van der Waals surface area contributed by atoms with Gasteiger partial charge in [-0.05, 0) is 0 Å². The number of nitrogen functional groups attached to an aromatic ring is 1. The lowest BCUT2D eigenvalue weighted by Crippen LogP contribution is -2.19. The van der Waals surface area contributed by atoms with Gasteiger partial charge in [0.1, 0.15) is 5.82 Å². The molecule has 0 aliphatic heterocycles. The highest BCUT2D eigenvalue weighted by molar-refractivity contribution is 7.85. The second-order valence-corrected chi connectivity index (χ2v) is 4.75. The van der Waals surface area contributed by atoms with Gasteiger partial charge in [0.05, 0.1) is 24.2 Å². The van der Waals surface area contributed by atoms with E-state index in [1.54, 1.807) is 0 Å². The molecule has 0 unspecified atom stereocenters. The Balaban J connectivity index is 2.72. The molecule has 1 heterocycles. The molecule has 0 aliphatic carbocycles. The Morgan fingerprint density at radius 2 is 2.25 bits per heavy atom. The zero-order chi connectivity index (χ0) is 12.2. The highest BCUT2D eigenvalue weighted by Gasteiger charge is 2.10. The molecule has 0 saturated heterocycles. The average molecular weight is 249 g/mol. The van der Waals surface area contributed by atoms with Crippen LogP contribution in [0.25, 0.3) is 0 Å². The summed E-state index contributed by atoms with van der Waals surface area (Å²) >= 11 is 0. The molecule has 9 heteroatoms. The first-order valence-electron chi connectivity index (χ1n) is 4.64. The summed E-state index contributed by atoms with van der Waals surface area (Å²) in [4.78, 5) is 0. The van der Waals surface area contributed by atoms with Gasteiger partial charge < -0.3 is 16.8 Å². The van der Waals surface area contributed by atoms with Crippen LogP contribution in [0.4, 0.5) is 11.5 Å². The molecule has 0 amide bonds. The van der Waals surface area contributed by atoms with Crippen molar-refractivity contribution in [2.24, 2.45) is 5.73 Å². The maximum atomic E-state index is 10.6. The quantitative estimate of drug-likeness (QED) is 0.461. The normalized spacial score (nSPS) is 11.6. The minimum atomic E-state index is -4.00. The third-order valence-electron chi connectivity index (χ3n) is 1.87. The molecular formula is C7H15N5O3S. The van der Waals surface area contributed by atoms with E-state index in [4.69, 9.17) is 16.0 Å². The summed E-state index contributed by atoms with van der Waals surface area (Å²) in [7, 11) is -4.00. The van der Waals surface area contributed by atoms with E-state index in [1.165, 1.54) is 10.9 Å². The number of nitrogens with one attached hydrogen (secondary N) is 1. The van der Waals surface area contributed by atoms with E-state index < -0.39 is 15.9 Å². The Kier molecular flexibility index (Phi) is 4.10. The second-order valence-electron chi connectivity index (χ2n) is 3.17. The van der Waals surface area contributed by atoms with Gasteiger partial charge in [-0.3, -0.25) is 4.55 Å². The average Bonchev–Trinajstić information content (AvgIpc) is 2.52. The van der Waals surface area contributed by atoms with Crippen LogP contribution in [0.15, 0.2) is 6.20 Å². The largest absolute Gasteiger partial charge is 0.394 e. The van der Waals surface area contributed by atoms with Crippen molar-refractivity contribution in [3.63, 3.8) is 0 Å². The number of aryl methyl sites for hydroxylation is 1. The molecule has 1 aromatic heterocycles. The maximum absolute atomic E-state index is 10.6. The van der Waals surface area contributed by atoms with Gasteiger partial charge in [0.25, 0.3) is 10.1 Å². The maximum Gasteiger partial charge on any atom is 0.266 e.